The van der Waals surface area contributed by atoms with E-state index in [1.807, 2.05) is 50.4 Å². The normalized spacial score (nSPS) is 11.6. The van der Waals surface area contributed by atoms with Crippen molar-refractivity contribution in [2.24, 2.45) is 5.92 Å². The van der Waals surface area contributed by atoms with Crippen LogP contribution in [0.4, 0.5) is 5.69 Å². The van der Waals surface area contributed by atoms with Crippen molar-refractivity contribution in [1.29, 1.82) is 10.5 Å². The molecule has 2 rings (SSSR count). The van der Waals surface area contributed by atoms with Crippen LogP contribution in [-0.2, 0) is 0 Å². The molecule has 1 unspecified atom stereocenters. The molecule has 94 valence electrons. The molecule has 0 saturated heterocycles. The van der Waals surface area contributed by atoms with E-state index in [0.29, 0.717) is 12.1 Å². The fourth-order valence-electron chi connectivity index (χ4n) is 2.26. The topological polar surface area (TPSA) is 50.8 Å². The summed E-state index contributed by atoms with van der Waals surface area (Å²) in [6.45, 7) is 2.58. The van der Waals surface area contributed by atoms with Crippen molar-refractivity contribution in [1.82, 2.24) is 0 Å². The molecule has 3 nitrogen and oxygen atoms in total. The molecule has 0 fully saturated rings. The first-order valence-electron chi connectivity index (χ1n) is 6.20. The van der Waals surface area contributed by atoms with Crippen molar-refractivity contribution in [3.8, 4) is 12.1 Å². The fourth-order valence-corrected chi connectivity index (χ4v) is 2.26. The highest BCUT2D eigenvalue weighted by Crippen LogP contribution is 2.28. The Balaban J connectivity index is 2.51. The number of hydrogen-bond acceptors (Lipinski definition) is 3. The zero-order valence-electron chi connectivity index (χ0n) is 11.1. The molecule has 0 heterocycles. The summed E-state index contributed by atoms with van der Waals surface area (Å²) in [7, 11) is 1.97. The Morgan fingerprint density at radius 2 is 1.79 bits per heavy atom. The van der Waals surface area contributed by atoms with Crippen LogP contribution in [0.5, 0.6) is 0 Å². The molecule has 0 spiro atoms. The molecule has 0 bridgehead atoms. The summed E-state index contributed by atoms with van der Waals surface area (Å²) in [6, 6.07) is 16.1. The Hall–Kier alpha value is -2.52. The Labute approximate surface area is 113 Å². The lowest BCUT2D eigenvalue weighted by atomic mass is 10.0. The third kappa shape index (κ3) is 2.51. The summed E-state index contributed by atoms with van der Waals surface area (Å²) in [5, 5.41) is 20.1. The Bertz CT molecular complexity index is 676. The van der Waals surface area contributed by atoms with E-state index < -0.39 is 0 Å². The zero-order chi connectivity index (χ0) is 13.8. The maximum absolute atomic E-state index is 9.14. The molecule has 19 heavy (non-hydrogen) atoms. The molecule has 2 aromatic rings. The van der Waals surface area contributed by atoms with Gasteiger partial charge in [-0.25, -0.2) is 0 Å². The lowest BCUT2D eigenvalue weighted by Gasteiger charge is -2.22. The second kappa shape index (κ2) is 5.42. The molecule has 2 aromatic carbocycles. The van der Waals surface area contributed by atoms with Gasteiger partial charge in [0.05, 0.1) is 23.6 Å². The smallest absolute Gasteiger partial charge is 0.0998 e. The third-order valence-electron chi connectivity index (χ3n) is 3.20. The maximum Gasteiger partial charge on any atom is 0.0998 e. The molecule has 0 saturated carbocycles. The molecular weight excluding hydrogens is 234 g/mol. The van der Waals surface area contributed by atoms with Crippen molar-refractivity contribution in [2.75, 3.05) is 18.5 Å². The van der Waals surface area contributed by atoms with E-state index in [4.69, 9.17) is 10.5 Å². The van der Waals surface area contributed by atoms with E-state index in [1.165, 1.54) is 0 Å². The van der Waals surface area contributed by atoms with Crippen molar-refractivity contribution < 1.29 is 0 Å². The monoisotopic (exact) mass is 249 g/mol. The number of nitriles is 2. The molecule has 0 aliphatic carbocycles. The number of hydrogen-bond donors (Lipinski definition) is 0. The van der Waals surface area contributed by atoms with Gasteiger partial charge in [0.2, 0.25) is 0 Å². The van der Waals surface area contributed by atoms with Gasteiger partial charge < -0.3 is 4.90 Å². The second-order valence-electron chi connectivity index (χ2n) is 4.70. The summed E-state index contributed by atoms with van der Waals surface area (Å²) in [6.07, 6.45) is 0. The van der Waals surface area contributed by atoms with E-state index in [9.17, 15) is 0 Å². The van der Waals surface area contributed by atoms with Gasteiger partial charge in [0, 0.05) is 30.1 Å². The molecule has 3 heteroatoms. The molecule has 0 amide bonds. The van der Waals surface area contributed by atoms with Gasteiger partial charge in [0.1, 0.15) is 0 Å². The molecular formula is C16H15N3. The molecule has 0 N–H and O–H groups in total. The zero-order valence-corrected chi connectivity index (χ0v) is 11.1. The minimum Gasteiger partial charge on any atom is -0.373 e. The second-order valence-corrected chi connectivity index (χ2v) is 4.70. The maximum atomic E-state index is 9.14. The van der Waals surface area contributed by atoms with Crippen molar-refractivity contribution in [2.45, 2.75) is 6.92 Å². The molecule has 0 aliphatic heterocycles. The molecule has 0 radical (unpaired) electrons. The van der Waals surface area contributed by atoms with Gasteiger partial charge >= 0.3 is 0 Å². The van der Waals surface area contributed by atoms with Gasteiger partial charge in [-0.1, -0.05) is 24.3 Å². The lowest BCUT2D eigenvalue weighted by Crippen LogP contribution is -2.23. The lowest BCUT2D eigenvalue weighted by molar-refractivity contribution is 0.718. The van der Waals surface area contributed by atoms with Crippen LogP contribution >= 0.6 is 0 Å². The number of rotatable bonds is 3. The first-order chi connectivity index (χ1) is 9.17. The first kappa shape index (κ1) is 12.9. The van der Waals surface area contributed by atoms with Crippen LogP contribution in [0.15, 0.2) is 36.4 Å². The van der Waals surface area contributed by atoms with Crippen LogP contribution < -0.4 is 4.90 Å². The minimum absolute atomic E-state index is 0.0283. The quantitative estimate of drug-likeness (QED) is 0.838. The number of benzene rings is 2. The van der Waals surface area contributed by atoms with Gasteiger partial charge in [-0.05, 0) is 19.1 Å². The van der Waals surface area contributed by atoms with Gasteiger partial charge in [-0.2, -0.15) is 10.5 Å². The van der Waals surface area contributed by atoms with E-state index in [0.717, 1.165) is 16.5 Å². The summed E-state index contributed by atoms with van der Waals surface area (Å²) in [5.41, 5.74) is 1.73. The molecule has 0 aromatic heterocycles. The summed E-state index contributed by atoms with van der Waals surface area (Å²) in [5.74, 6) is -0.0283. The Kier molecular flexibility index (Phi) is 3.68. The standard InChI is InChI=1S/C16H15N3/c1-12(9-17)11-19(2)16-8-7-13(10-18)14-5-3-4-6-15(14)16/h3-8,12H,11H2,1-2H3. The Morgan fingerprint density at radius 1 is 1.11 bits per heavy atom. The highest BCUT2D eigenvalue weighted by molar-refractivity contribution is 5.97. The highest BCUT2D eigenvalue weighted by Gasteiger charge is 2.11. The molecule has 1 atom stereocenters. The predicted molar refractivity (Wildman–Crippen MR) is 76.7 cm³/mol. The van der Waals surface area contributed by atoms with Gasteiger partial charge in [0.15, 0.2) is 0 Å². The average Bonchev–Trinajstić information content (AvgIpc) is 2.45. The average molecular weight is 249 g/mol. The summed E-state index contributed by atoms with van der Waals surface area (Å²) >= 11 is 0. The predicted octanol–water partition coefficient (Wildman–Crippen LogP) is 3.31. The SMILES string of the molecule is CC(C#N)CN(C)c1ccc(C#N)c2ccccc12. The fraction of sp³-hybridized carbons (Fsp3) is 0.250. The van der Waals surface area contributed by atoms with Crippen LogP contribution in [0.1, 0.15) is 12.5 Å². The summed E-state index contributed by atoms with van der Waals surface area (Å²) in [4.78, 5) is 2.07. The van der Waals surface area contributed by atoms with Crippen molar-refractivity contribution in [3.63, 3.8) is 0 Å². The van der Waals surface area contributed by atoms with E-state index >= 15 is 0 Å². The van der Waals surface area contributed by atoms with Crippen molar-refractivity contribution in [3.05, 3.63) is 42.0 Å². The minimum atomic E-state index is -0.0283. The summed E-state index contributed by atoms with van der Waals surface area (Å²) < 4.78 is 0. The van der Waals surface area contributed by atoms with E-state index in [-0.39, 0.29) is 5.92 Å². The third-order valence-corrected chi connectivity index (χ3v) is 3.20. The Morgan fingerprint density at radius 3 is 2.42 bits per heavy atom. The van der Waals surface area contributed by atoms with Crippen LogP contribution in [0.2, 0.25) is 0 Å². The van der Waals surface area contributed by atoms with Crippen LogP contribution in [0.3, 0.4) is 0 Å². The molecule has 0 aliphatic rings. The van der Waals surface area contributed by atoms with Gasteiger partial charge in [0.25, 0.3) is 0 Å². The van der Waals surface area contributed by atoms with Gasteiger partial charge in [-0.3, -0.25) is 0 Å². The van der Waals surface area contributed by atoms with Crippen LogP contribution in [0, 0.1) is 28.6 Å². The van der Waals surface area contributed by atoms with E-state index in [2.05, 4.69) is 17.0 Å². The number of fused-ring (bicyclic) bond motifs is 1. The first-order valence-corrected chi connectivity index (χ1v) is 6.20. The highest BCUT2D eigenvalue weighted by atomic mass is 15.1. The number of anilines is 1. The van der Waals surface area contributed by atoms with Gasteiger partial charge in [-0.15, -0.1) is 0 Å². The van der Waals surface area contributed by atoms with Crippen molar-refractivity contribution >= 4 is 16.5 Å². The number of nitrogens with zero attached hydrogens (tertiary/aromatic N) is 3. The van der Waals surface area contributed by atoms with Crippen LogP contribution in [-0.4, -0.2) is 13.6 Å². The van der Waals surface area contributed by atoms with E-state index in [1.54, 1.807) is 0 Å². The van der Waals surface area contributed by atoms with Crippen LogP contribution in [0.25, 0.3) is 10.8 Å². The largest absolute Gasteiger partial charge is 0.373 e.